The van der Waals surface area contributed by atoms with E-state index < -0.39 is 0 Å². The zero-order valence-corrected chi connectivity index (χ0v) is 12.4. The molecule has 0 fully saturated rings. The molecule has 0 bridgehead atoms. The van der Waals surface area contributed by atoms with E-state index >= 15 is 0 Å². The van der Waals surface area contributed by atoms with Crippen molar-refractivity contribution in [2.24, 2.45) is 0 Å². The number of hydrogen-bond donors (Lipinski definition) is 2. The van der Waals surface area contributed by atoms with Crippen LogP contribution in [0.25, 0.3) is 0 Å². The third-order valence-electron chi connectivity index (χ3n) is 2.35. The van der Waals surface area contributed by atoms with Crippen molar-refractivity contribution >= 4 is 46.1 Å². The van der Waals surface area contributed by atoms with E-state index in [2.05, 4.69) is 17.2 Å². The largest absolute Gasteiger partial charge is 0.384 e. The second kappa shape index (κ2) is 6.78. The summed E-state index contributed by atoms with van der Waals surface area (Å²) < 4.78 is 0. The number of aliphatic hydroxyl groups excluding tert-OH is 1. The Morgan fingerprint density at radius 1 is 1.30 bits per heavy atom. The zero-order chi connectivity index (χ0) is 14.5. The molecule has 0 aliphatic carbocycles. The van der Waals surface area contributed by atoms with Gasteiger partial charge in [-0.3, -0.25) is 4.79 Å². The second-order valence-corrected chi connectivity index (χ2v) is 5.44. The van der Waals surface area contributed by atoms with Crippen LogP contribution in [0.4, 0.5) is 5.69 Å². The van der Waals surface area contributed by atoms with Gasteiger partial charge >= 0.3 is 0 Å². The number of rotatable bonds is 2. The van der Waals surface area contributed by atoms with E-state index in [1.807, 2.05) is 0 Å². The number of halogens is 2. The summed E-state index contributed by atoms with van der Waals surface area (Å²) >= 11 is 13.0. The van der Waals surface area contributed by atoms with Gasteiger partial charge in [-0.1, -0.05) is 35.0 Å². The summed E-state index contributed by atoms with van der Waals surface area (Å²) in [6, 6.07) is 6.59. The summed E-state index contributed by atoms with van der Waals surface area (Å²) in [5.74, 6) is 4.98. The van der Waals surface area contributed by atoms with Crippen LogP contribution in [0, 0.1) is 11.8 Å². The summed E-state index contributed by atoms with van der Waals surface area (Å²) in [6.07, 6.45) is 0. The van der Waals surface area contributed by atoms with Gasteiger partial charge in [0.05, 0.1) is 10.0 Å². The fraction of sp³-hybridized carbons (Fsp3) is 0.0714. The second-order valence-electron chi connectivity index (χ2n) is 3.71. The lowest BCUT2D eigenvalue weighted by atomic mass is 10.2. The van der Waals surface area contributed by atoms with Crippen molar-refractivity contribution in [3.63, 3.8) is 0 Å². The molecule has 2 aromatic rings. The molecule has 3 nitrogen and oxygen atoms in total. The van der Waals surface area contributed by atoms with Crippen LogP contribution in [-0.2, 0) is 0 Å². The number of anilines is 1. The first-order valence-corrected chi connectivity index (χ1v) is 7.19. The fourth-order valence-electron chi connectivity index (χ4n) is 1.48. The Hall–Kier alpha value is -1.51. The van der Waals surface area contributed by atoms with Gasteiger partial charge in [-0.05, 0) is 29.6 Å². The number of carbonyl (C=O) groups excluding carboxylic acids is 1. The predicted octanol–water partition coefficient (Wildman–Crippen LogP) is 3.65. The summed E-state index contributed by atoms with van der Waals surface area (Å²) in [7, 11) is 0. The maximum atomic E-state index is 12.1. The van der Waals surface area contributed by atoms with E-state index in [1.54, 1.807) is 29.6 Å². The molecule has 0 radical (unpaired) electrons. The van der Waals surface area contributed by atoms with E-state index in [0.717, 1.165) is 0 Å². The smallest absolute Gasteiger partial charge is 0.267 e. The highest BCUT2D eigenvalue weighted by Crippen LogP contribution is 2.26. The molecule has 0 unspecified atom stereocenters. The number of benzene rings is 1. The Balaban J connectivity index is 2.20. The van der Waals surface area contributed by atoms with Gasteiger partial charge in [0.2, 0.25) is 0 Å². The van der Waals surface area contributed by atoms with E-state index in [1.165, 1.54) is 11.3 Å². The van der Waals surface area contributed by atoms with Gasteiger partial charge in [-0.2, -0.15) is 0 Å². The highest BCUT2D eigenvalue weighted by Gasteiger charge is 2.12. The molecular formula is C14H9Cl2NO2S. The molecule has 102 valence electrons. The fourth-order valence-corrected chi connectivity index (χ4v) is 2.52. The lowest BCUT2D eigenvalue weighted by Gasteiger charge is -2.05. The van der Waals surface area contributed by atoms with Crippen molar-refractivity contribution in [1.82, 2.24) is 0 Å². The van der Waals surface area contributed by atoms with Crippen LogP contribution in [0.1, 0.15) is 15.2 Å². The molecule has 0 aliphatic rings. The number of amides is 1. The number of aliphatic hydroxyl groups is 1. The number of thiophene rings is 1. The molecule has 0 saturated carbocycles. The predicted molar refractivity (Wildman–Crippen MR) is 82.7 cm³/mol. The highest BCUT2D eigenvalue weighted by molar-refractivity contribution is 7.12. The molecule has 6 heteroatoms. The Kier molecular flexibility index (Phi) is 5.05. The summed E-state index contributed by atoms with van der Waals surface area (Å²) in [5.41, 5.74) is 1.14. The topological polar surface area (TPSA) is 49.3 Å². The minimum atomic E-state index is -0.277. The lowest BCUT2D eigenvalue weighted by Crippen LogP contribution is -2.11. The zero-order valence-electron chi connectivity index (χ0n) is 10.1. The van der Waals surface area contributed by atoms with Crippen LogP contribution in [0.3, 0.4) is 0 Å². The maximum absolute atomic E-state index is 12.1. The van der Waals surface area contributed by atoms with Crippen molar-refractivity contribution in [2.75, 3.05) is 11.9 Å². The summed E-state index contributed by atoms with van der Waals surface area (Å²) in [5, 5.41) is 14.0. The molecule has 0 spiro atoms. The Morgan fingerprint density at radius 2 is 2.10 bits per heavy atom. The average molecular weight is 326 g/mol. The van der Waals surface area contributed by atoms with Crippen LogP contribution >= 0.6 is 34.5 Å². The normalized spacial score (nSPS) is 9.75. The molecule has 1 aromatic carbocycles. The number of hydrogen-bond acceptors (Lipinski definition) is 3. The van der Waals surface area contributed by atoms with Gasteiger partial charge in [0, 0.05) is 11.3 Å². The molecule has 1 aromatic heterocycles. The number of nitrogens with one attached hydrogen (secondary N) is 1. The molecule has 0 saturated heterocycles. The van der Waals surface area contributed by atoms with E-state index in [4.69, 9.17) is 28.3 Å². The van der Waals surface area contributed by atoms with Gasteiger partial charge in [-0.15, -0.1) is 11.3 Å². The molecule has 20 heavy (non-hydrogen) atoms. The third kappa shape index (κ3) is 3.53. The minimum Gasteiger partial charge on any atom is -0.384 e. The Morgan fingerprint density at radius 3 is 2.80 bits per heavy atom. The molecule has 2 N–H and O–H groups in total. The van der Waals surface area contributed by atoms with Crippen LogP contribution in [0.2, 0.25) is 10.0 Å². The average Bonchev–Trinajstić information content (AvgIpc) is 2.89. The lowest BCUT2D eigenvalue weighted by molar-refractivity contribution is 0.103. The monoisotopic (exact) mass is 325 g/mol. The van der Waals surface area contributed by atoms with Crippen LogP contribution < -0.4 is 5.32 Å². The van der Waals surface area contributed by atoms with E-state index in [0.29, 0.717) is 26.2 Å². The molecule has 1 heterocycles. The van der Waals surface area contributed by atoms with Crippen LogP contribution in [0.15, 0.2) is 29.6 Å². The minimum absolute atomic E-state index is 0.246. The number of carbonyl (C=O) groups is 1. The Labute approximate surface area is 130 Å². The van der Waals surface area contributed by atoms with Gasteiger partial charge < -0.3 is 10.4 Å². The van der Waals surface area contributed by atoms with Crippen molar-refractivity contribution < 1.29 is 9.90 Å². The molecule has 0 aliphatic heterocycles. The molecule has 0 atom stereocenters. The highest BCUT2D eigenvalue weighted by atomic mass is 35.5. The summed E-state index contributed by atoms with van der Waals surface area (Å²) in [4.78, 5) is 12.6. The van der Waals surface area contributed by atoms with Crippen LogP contribution in [-0.4, -0.2) is 17.6 Å². The first-order chi connectivity index (χ1) is 9.61. The van der Waals surface area contributed by atoms with Gasteiger partial charge in [0.15, 0.2) is 0 Å². The molecule has 1 amide bonds. The van der Waals surface area contributed by atoms with Crippen molar-refractivity contribution in [1.29, 1.82) is 0 Å². The first kappa shape index (κ1) is 14.9. The summed E-state index contributed by atoms with van der Waals surface area (Å²) in [6.45, 7) is -0.246. The first-order valence-electron chi connectivity index (χ1n) is 5.55. The molecular weight excluding hydrogens is 317 g/mol. The SMILES string of the molecule is O=C(Nc1ccc(Cl)c(Cl)c1)c1sccc1C#CCO. The third-order valence-corrected chi connectivity index (χ3v) is 4.00. The van der Waals surface area contributed by atoms with Crippen LogP contribution in [0.5, 0.6) is 0 Å². The standard InChI is InChI=1S/C14H9Cl2NO2S/c15-11-4-3-10(8-12(11)16)17-14(19)13-9(2-1-6-18)5-7-20-13/h3-5,7-8,18H,6H2,(H,17,19). The Bertz CT molecular complexity index is 701. The van der Waals surface area contributed by atoms with Crippen molar-refractivity contribution in [2.45, 2.75) is 0 Å². The maximum Gasteiger partial charge on any atom is 0.267 e. The molecule has 2 rings (SSSR count). The van der Waals surface area contributed by atoms with Gasteiger partial charge in [0.1, 0.15) is 11.5 Å². The van der Waals surface area contributed by atoms with Gasteiger partial charge in [0.25, 0.3) is 5.91 Å². The quantitative estimate of drug-likeness (QED) is 0.828. The van der Waals surface area contributed by atoms with E-state index in [-0.39, 0.29) is 12.5 Å². The van der Waals surface area contributed by atoms with Crippen molar-refractivity contribution in [3.05, 3.63) is 50.1 Å². The van der Waals surface area contributed by atoms with Gasteiger partial charge in [-0.25, -0.2) is 0 Å². The van der Waals surface area contributed by atoms with Crippen molar-refractivity contribution in [3.8, 4) is 11.8 Å². The van der Waals surface area contributed by atoms with E-state index in [9.17, 15) is 4.79 Å².